The van der Waals surface area contributed by atoms with Gasteiger partial charge in [-0.25, -0.2) is 0 Å². The zero-order valence-electron chi connectivity index (χ0n) is 14.4. The van der Waals surface area contributed by atoms with Gasteiger partial charge in [-0.15, -0.1) is 0 Å². The summed E-state index contributed by atoms with van der Waals surface area (Å²) >= 11 is 0. The summed E-state index contributed by atoms with van der Waals surface area (Å²) in [4.78, 5) is 2.60. The molecular weight excluding hydrogens is 256 g/mol. The van der Waals surface area contributed by atoms with Gasteiger partial charge in [-0.05, 0) is 56.7 Å². The molecule has 0 saturated carbocycles. The van der Waals surface area contributed by atoms with Gasteiger partial charge in [0.15, 0.2) is 0 Å². The molecule has 0 aromatic heterocycles. The Kier molecular flexibility index (Phi) is 5.45. The van der Waals surface area contributed by atoms with Crippen LogP contribution in [0.25, 0.3) is 0 Å². The molecule has 1 unspecified atom stereocenters. The third-order valence-electron chi connectivity index (χ3n) is 4.50. The molecule has 1 aromatic carbocycles. The maximum absolute atomic E-state index is 3.54. The van der Waals surface area contributed by atoms with E-state index in [0.717, 1.165) is 24.9 Å². The van der Waals surface area contributed by atoms with Crippen molar-refractivity contribution in [1.29, 1.82) is 0 Å². The first-order chi connectivity index (χ1) is 9.83. The van der Waals surface area contributed by atoms with Crippen molar-refractivity contribution in [3.8, 4) is 0 Å². The molecule has 0 bridgehead atoms. The van der Waals surface area contributed by atoms with E-state index in [4.69, 9.17) is 0 Å². The molecule has 1 heterocycles. The van der Waals surface area contributed by atoms with E-state index >= 15 is 0 Å². The molecule has 118 valence electrons. The Morgan fingerprint density at radius 1 is 1.14 bits per heavy atom. The third kappa shape index (κ3) is 5.44. The molecule has 0 amide bonds. The summed E-state index contributed by atoms with van der Waals surface area (Å²) in [6, 6.07) is 9.12. The number of rotatable bonds is 5. The van der Waals surface area contributed by atoms with Crippen LogP contribution in [-0.4, -0.2) is 23.5 Å². The minimum Gasteiger partial charge on any atom is -0.308 e. The summed E-state index contributed by atoms with van der Waals surface area (Å²) < 4.78 is 0. The lowest BCUT2D eigenvalue weighted by Crippen LogP contribution is -2.35. The van der Waals surface area contributed by atoms with Gasteiger partial charge in [0.2, 0.25) is 0 Å². The standard InChI is InChI=1S/C19H32N2/c1-15(2)18-10-11-21(14-18)13-17-8-6-16(7-9-17)12-20-19(3,4)5/h6-9,15,18,20H,10-14H2,1-5H3. The van der Waals surface area contributed by atoms with Gasteiger partial charge in [-0.3, -0.25) is 4.90 Å². The number of likely N-dealkylation sites (tertiary alicyclic amines) is 1. The van der Waals surface area contributed by atoms with E-state index in [-0.39, 0.29) is 5.54 Å². The Balaban J connectivity index is 1.83. The van der Waals surface area contributed by atoms with E-state index in [0.29, 0.717) is 0 Å². The predicted molar refractivity (Wildman–Crippen MR) is 91.3 cm³/mol. The van der Waals surface area contributed by atoms with Crippen molar-refractivity contribution < 1.29 is 0 Å². The van der Waals surface area contributed by atoms with Crippen molar-refractivity contribution in [3.05, 3.63) is 35.4 Å². The van der Waals surface area contributed by atoms with Crippen LogP contribution in [0.4, 0.5) is 0 Å². The fraction of sp³-hybridized carbons (Fsp3) is 0.684. The van der Waals surface area contributed by atoms with Crippen LogP contribution in [0.2, 0.25) is 0 Å². The molecule has 2 rings (SSSR count). The molecule has 1 aromatic rings. The maximum atomic E-state index is 3.54. The normalized spacial score (nSPS) is 20.4. The molecule has 1 atom stereocenters. The van der Waals surface area contributed by atoms with Crippen LogP contribution in [-0.2, 0) is 13.1 Å². The van der Waals surface area contributed by atoms with Crippen LogP contribution in [0.3, 0.4) is 0 Å². The Bertz CT molecular complexity index is 428. The first-order valence-corrected chi connectivity index (χ1v) is 8.39. The molecule has 0 spiro atoms. The highest BCUT2D eigenvalue weighted by molar-refractivity contribution is 5.22. The first-order valence-electron chi connectivity index (χ1n) is 8.39. The summed E-state index contributed by atoms with van der Waals surface area (Å²) in [6.45, 7) is 15.9. The molecular formula is C19H32N2. The number of hydrogen-bond donors (Lipinski definition) is 1. The second kappa shape index (κ2) is 6.93. The number of nitrogens with zero attached hydrogens (tertiary/aromatic N) is 1. The van der Waals surface area contributed by atoms with Gasteiger partial charge in [-0.2, -0.15) is 0 Å². The van der Waals surface area contributed by atoms with Crippen LogP contribution in [0.1, 0.15) is 52.2 Å². The Morgan fingerprint density at radius 3 is 2.29 bits per heavy atom. The van der Waals surface area contributed by atoms with Crippen LogP contribution in [0.5, 0.6) is 0 Å². The van der Waals surface area contributed by atoms with E-state index in [1.165, 1.54) is 30.6 Å². The van der Waals surface area contributed by atoms with E-state index in [1.807, 2.05) is 0 Å². The highest BCUT2D eigenvalue weighted by Crippen LogP contribution is 2.24. The van der Waals surface area contributed by atoms with E-state index < -0.39 is 0 Å². The zero-order chi connectivity index (χ0) is 15.5. The number of nitrogens with one attached hydrogen (secondary N) is 1. The van der Waals surface area contributed by atoms with E-state index in [9.17, 15) is 0 Å². The highest BCUT2D eigenvalue weighted by atomic mass is 15.1. The number of hydrogen-bond acceptors (Lipinski definition) is 2. The van der Waals surface area contributed by atoms with Crippen molar-refractivity contribution in [3.63, 3.8) is 0 Å². The third-order valence-corrected chi connectivity index (χ3v) is 4.50. The Morgan fingerprint density at radius 2 is 1.76 bits per heavy atom. The highest BCUT2D eigenvalue weighted by Gasteiger charge is 2.24. The molecule has 1 aliphatic rings. The van der Waals surface area contributed by atoms with Gasteiger partial charge >= 0.3 is 0 Å². The summed E-state index contributed by atoms with van der Waals surface area (Å²) in [6.07, 6.45) is 1.37. The summed E-state index contributed by atoms with van der Waals surface area (Å²) in [5.41, 5.74) is 2.99. The molecule has 21 heavy (non-hydrogen) atoms. The lowest BCUT2D eigenvalue weighted by Gasteiger charge is -2.21. The van der Waals surface area contributed by atoms with Gasteiger partial charge < -0.3 is 5.32 Å². The van der Waals surface area contributed by atoms with E-state index in [1.54, 1.807) is 0 Å². The lowest BCUT2D eigenvalue weighted by molar-refractivity contribution is 0.297. The molecule has 0 aliphatic carbocycles. The second-order valence-electron chi connectivity index (χ2n) is 7.95. The summed E-state index contributed by atoms with van der Waals surface area (Å²) in [5, 5.41) is 3.54. The molecule has 1 N–H and O–H groups in total. The average molecular weight is 288 g/mol. The van der Waals surface area contributed by atoms with Crippen molar-refractivity contribution >= 4 is 0 Å². The van der Waals surface area contributed by atoms with Crippen molar-refractivity contribution in [2.24, 2.45) is 11.8 Å². The fourth-order valence-electron chi connectivity index (χ4n) is 2.94. The van der Waals surface area contributed by atoms with Gasteiger partial charge in [-0.1, -0.05) is 38.1 Å². The summed E-state index contributed by atoms with van der Waals surface area (Å²) in [5.74, 6) is 1.71. The topological polar surface area (TPSA) is 15.3 Å². The largest absolute Gasteiger partial charge is 0.308 e. The lowest BCUT2D eigenvalue weighted by atomic mass is 9.95. The quantitative estimate of drug-likeness (QED) is 0.879. The summed E-state index contributed by atoms with van der Waals surface area (Å²) in [7, 11) is 0. The van der Waals surface area contributed by atoms with Gasteiger partial charge in [0, 0.05) is 25.2 Å². The molecule has 1 saturated heterocycles. The predicted octanol–water partition coefficient (Wildman–Crippen LogP) is 4.05. The molecule has 2 nitrogen and oxygen atoms in total. The minimum absolute atomic E-state index is 0.181. The first kappa shape index (κ1) is 16.5. The zero-order valence-corrected chi connectivity index (χ0v) is 14.4. The number of benzene rings is 1. The maximum Gasteiger partial charge on any atom is 0.0233 e. The van der Waals surface area contributed by atoms with Gasteiger partial charge in [0.1, 0.15) is 0 Å². The Labute approximate surface area is 130 Å². The molecule has 1 aliphatic heterocycles. The van der Waals surface area contributed by atoms with Crippen molar-refractivity contribution in [1.82, 2.24) is 10.2 Å². The minimum atomic E-state index is 0.181. The van der Waals surface area contributed by atoms with Gasteiger partial charge in [0.05, 0.1) is 0 Å². The molecule has 1 fully saturated rings. The van der Waals surface area contributed by atoms with Crippen LogP contribution >= 0.6 is 0 Å². The average Bonchev–Trinajstić information content (AvgIpc) is 2.86. The van der Waals surface area contributed by atoms with E-state index in [2.05, 4.69) is 69.1 Å². The smallest absolute Gasteiger partial charge is 0.0233 e. The van der Waals surface area contributed by atoms with Crippen LogP contribution in [0, 0.1) is 11.8 Å². The van der Waals surface area contributed by atoms with Crippen molar-refractivity contribution in [2.45, 2.75) is 59.7 Å². The fourth-order valence-corrected chi connectivity index (χ4v) is 2.94. The van der Waals surface area contributed by atoms with Crippen molar-refractivity contribution in [2.75, 3.05) is 13.1 Å². The molecule has 2 heteroatoms. The van der Waals surface area contributed by atoms with Crippen LogP contribution < -0.4 is 5.32 Å². The monoisotopic (exact) mass is 288 g/mol. The second-order valence-corrected chi connectivity index (χ2v) is 7.95. The van der Waals surface area contributed by atoms with Gasteiger partial charge in [0.25, 0.3) is 0 Å². The SMILES string of the molecule is CC(C)C1CCN(Cc2ccc(CNC(C)(C)C)cc2)C1. The Hall–Kier alpha value is -0.860. The van der Waals surface area contributed by atoms with Crippen LogP contribution in [0.15, 0.2) is 24.3 Å². The molecule has 0 radical (unpaired) electrons.